The normalized spacial score (nSPS) is 9.79. The number of benzene rings is 1. The first-order valence-corrected chi connectivity index (χ1v) is 5.93. The van der Waals surface area contributed by atoms with Gasteiger partial charge in [0.15, 0.2) is 0 Å². The standard InChI is InChI=1S/C15H15N3O/c1-10-6-13(4-5-14(10)19-3)18-15-8-12(9-16)7-11(2)17-15/h4-8H,1-3H3,(H,17,18). The zero-order chi connectivity index (χ0) is 13.8. The third kappa shape index (κ3) is 3.02. The van der Waals surface area contributed by atoms with Gasteiger partial charge in [-0.15, -0.1) is 0 Å². The maximum absolute atomic E-state index is 8.94. The molecule has 0 atom stereocenters. The molecule has 0 saturated heterocycles. The first-order valence-electron chi connectivity index (χ1n) is 5.93. The first-order chi connectivity index (χ1) is 9.12. The summed E-state index contributed by atoms with van der Waals surface area (Å²) in [6.07, 6.45) is 0. The van der Waals surface area contributed by atoms with Gasteiger partial charge in [-0.05, 0) is 49.7 Å². The lowest BCUT2D eigenvalue weighted by Crippen LogP contribution is -1.97. The third-order valence-electron chi connectivity index (χ3n) is 2.75. The minimum absolute atomic E-state index is 0.597. The van der Waals surface area contributed by atoms with Crippen LogP contribution in [0, 0.1) is 25.2 Å². The number of nitriles is 1. The van der Waals surface area contributed by atoms with Crippen LogP contribution >= 0.6 is 0 Å². The van der Waals surface area contributed by atoms with E-state index in [0.717, 1.165) is 22.7 Å². The Bertz CT molecular complexity index is 644. The Morgan fingerprint density at radius 3 is 2.63 bits per heavy atom. The smallest absolute Gasteiger partial charge is 0.131 e. The summed E-state index contributed by atoms with van der Waals surface area (Å²) < 4.78 is 5.22. The number of nitrogens with one attached hydrogen (secondary N) is 1. The Hall–Kier alpha value is -2.54. The molecule has 0 aliphatic carbocycles. The van der Waals surface area contributed by atoms with Crippen LogP contribution < -0.4 is 10.1 Å². The molecule has 19 heavy (non-hydrogen) atoms. The lowest BCUT2D eigenvalue weighted by Gasteiger charge is -2.10. The SMILES string of the molecule is COc1ccc(Nc2cc(C#N)cc(C)n2)cc1C. The average molecular weight is 253 g/mol. The summed E-state index contributed by atoms with van der Waals surface area (Å²) in [5, 5.41) is 12.1. The van der Waals surface area contributed by atoms with Crippen LogP contribution in [0.5, 0.6) is 5.75 Å². The molecule has 0 aliphatic heterocycles. The minimum atomic E-state index is 0.597. The summed E-state index contributed by atoms with van der Waals surface area (Å²) in [4.78, 5) is 4.36. The van der Waals surface area contributed by atoms with E-state index in [-0.39, 0.29) is 0 Å². The van der Waals surface area contributed by atoms with Gasteiger partial charge in [0, 0.05) is 11.4 Å². The number of hydrogen-bond donors (Lipinski definition) is 1. The highest BCUT2D eigenvalue weighted by molar-refractivity contribution is 5.60. The number of nitrogens with zero attached hydrogens (tertiary/aromatic N) is 2. The predicted molar refractivity (Wildman–Crippen MR) is 74.7 cm³/mol. The number of anilines is 2. The Kier molecular flexibility index (Phi) is 3.67. The zero-order valence-corrected chi connectivity index (χ0v) is 11.2. The van der Waals surface area contributed by atoms with Crippen molar-refractivity contribution in [3.63, 3.8) is 0 Å². The zero-order valence-electron chi connectivity index (χ0n) is 11.2. The summed E-state index contributed by atoms with van der Waals surface area (Å²) >= 11 is 0. The molecule has 4 nitrogen and oxygen atoms in total. The number of hydrogen-bond acceptors (Lipinski definition) is 4. The number of ether oxygens (including phenoxy) is 1. The van der Waals surface area contributed by atoms with Crippen LogP contribution in [0.3, 0.4) is 0 Å². The maximum Gasteiger partial charge on any atom is 0.131 e. The topological polar surface area (TPSA) is 57.9 Å². The summed E-state index contributed by atoms with van der Waals surface area (Å²) in [5.41, 5.74) is 3.37. The second kappa shape index (κ2) is 5.40. The number of methoxy groups -OCH3 is 1. The lowest BCUT2D eigenvalue weighted by atomic mass is 10.2. The molecular weight excluding hydrogens is 238 g/mol. The minimum Gasteiger partial charge on any atom is -0.496 e. The van der Waals surface area contributed by atoms with Gasteiger partial charge in [0.1, 0.15) is 11.6 Å². The fourth-order valence-corrected chi connectivity index (χ4v) is 1.90. The molecule has 0 fully saturated rings. The molecule has 2 aromatic rings. The van der Waals surface area contributed by atoms with E-state index in [1.54, 1.807) is 19.2 Å². The first kappa shape index (κ1) is 12.9. The summed E-state index contributed by atoms with van der Waals surface area (Å²) in [6, 6.07) is 11.4. The summed E-state index contributed by atoms with van der Waals surface area (Å²) in [5.74, 6) is 1.52. The second-order valence-electron chi connectivity index (χ2n) is 4.30. The van der Waals surface area contributed by atoms with E-state index in [1.807, 2.05) is 32.0 Å². The molecular formula is C15H15N3O. The van der Waals surface area contributed by atoms with Crippen molar-refractivity contribution in [2.45, 2.75) is 13.8 Å². The second-order valence-corrected chi connectivity index (χ2v) is 4.30. The molecule has 0 amide bonds. The van der Waals surface area contributed by atoms with Crippen molar-refractivity contribution in [2.75, 3.05) is 12.4 Å². The summed E-state index contributed by atoms with van der Waals surface area (Å²) in [7, 11) is 1.65. The van der Waals surface area contributed by atoms with Crippen molar-refractivity contribution in [3.05, 3.63) is 47.2 Å². The van der Waals surface area contributed by atoms with Crippen LogP contribution in [0.2, 0.25) is 0 Å². The molecule has 0 unspecified atom stereocenters. The van der Waals surface area contributed by atoms with Gasteiger partial charge < -0.3 is 10.1 Å². The number of aryl methyl sites for hydroxylation is 2. The Balaban J connectivity index is 2.29. The van der Waals surface area contributed by atoms with Gasteiger partial charge in [-0.3, -0.25) is 0 Å². The number of pyridine rings is 1. The van der Waals surface area contributed by atoms with Crippen LogP contribution in [0.25, 0.3) is 0 Å². The molecule has 2 rings (SSSR count). The average Bonchev–Trinajstić information content (AvgIpc) is 2.38. The van der Waals surface area contributed by atoms with Crippen molar-refractivity contribution in [2.24, 2.45) is 0 Å². The van der Waals surface area contributed by atoms with Crippen LogP contribution in [0.1, 0.15) is 16.8 Å². The highest BCUT2D eigenvalue weighted by Crippen LogP contribution is 2.23. The monoisotopic (exact) mass is 253 g/mol. The van der Waals surface area contributed by atoms with Gasteiger partial charge in [-0.1, -0.05) is 0 Å². The molecule has 0 aliphatic rings. The van der Waals surface area contributed by atoms with Gasteiger partial charge in [-0.25, -0.2) is 4.98 Å². The fraction of sp³-hybridized carbons (Fsp3) is 0.200. The van der Waals surface area contributed by atoms with Gasteiger partial charge in [-0.2, -0.15) is 5.26 Å². The number of aromatic nitrogens is 1. The Labute approximate surface area is 112 Å². The molecule has 1 aromatic carbocycles. The van der Waals surface area contributed by atoms with E-state index in [4.69, 9.17) is 10.00 Å². The van der Waals surface area contributed by atoms with Gasteiger partial charge >= 0.3 is 0 Å². The molecule has 0 spiro atoms. The van der Waals surface area contributed by atoms with E-state index in [1.165, 1.54) is 0 Å². The van der Waals surface area contributed by atoms with E-state index < -0.39 is 0 Å². The van der Waals surface area contributed by atoms with Crippen LogP contribution in [-0.4, -0.2) is 12.1 Å². The van der Waals surface area contributed by atoms with Gasteiger partial charge in [0.05, 0.1) is 18.7 Å². The van der Waals surface area contributed by atoms with Crippen molar-refractivity contribution >= 4 is 11.5 Å². The van der Waals surface area contributed by atoms with Crippen LogP contribution in [-0.2, 0) is 0 Å². The highest BCUT2D eigenvalue weighted by Gasteiger charge is 2.03. The summed E-state index contributed by atoms with van der Waals surface area (Å²) in [6.45, 7) is 3.85. The molecule has 1 aromatic heterocycles. The lowest BCUT2D eigenvalue weighted by molar-refractivity contribution is 0.412. The Morgan fingerprint density at radius 2 is 2.00 bits per heavy atom. The van der Waals surface area contributed by atoms with Crippen molar-refractivity contribution < 1.29 is 4.74 Å². The fourth-order valence-electron chi connectivity index (χ4n) is 1.90. The predicted octanol–water partition coefficient (Wildman–Crippen LogP) is 3.32. The molecule has 0 saturated carbocycles. The molecule has 0 bridgehead atoms. The quantitative estimate of drug-likeness (QED) is 0.911. The highest BCUT2D eigenvalue weighted by atomic mass is 16.5. The Morgan fingerprint density at radius 1 is 1.21 bits per heavy atom. The van der Waals surface area contributed by atoms with Gasteiger partial charge in [0.2, 0.25) is 0 Å². The largest absolute Gasteiger partial charge is 0.496 e. The molecule has 1 N–H and O–H groups in total. The maximum atomic E-state index is 8.94. The number of rotatable bonds is 3. The molecule has 0 radical (unpaired) electrons. The molecule has 4 heteroatoms. The van der Waals surface area contributed by atoms with Crippen LogP contribution in [0.4, 0.5) is 11.5 Å². The van der Waals surface area contributed by atoms with Crippen LogP contribution in [0.15, 0.2) is 30.3 Å². The molecule has 96 valence electrons. The van der Waals surface area contributed by atoms with Gasteiger partial charge in [0.25, 0.3) is 0 Å². The third-order valence-corrected chi connectivity index (χ3v) is 2.75. The molecule has 1 heterocycles. The van der Waals surface area contributed by atoms with Crippen molar-refractivity contribution in [3.8, 4) is 11.8 Å². The van der Waals surface area contributed by atoms with E-state index in [9.17, 15) is 0 Å². The van der Waals surface area contributed by atoms with E-state index >= 15 is 0 Å². The van der Waals surface area contributed by atoms with Crippen molar-refractivity contribution in [1.29, 1.82) is 5.26 Å². The van der Waals surface area contributed by atoms with E-state index in [0.29, 0.717) is 11.4 Å². The van der Waals surface area contributed by atoms with E-state index in [2.05, 4.69) is 16.4 Å². The van der Waals surface area contributed by atoms with Crippen molar-refractivity contribution in [1.82, 2.24) is 4.98 Å².